The molecule has 0 aromatic rings. The van der Waals surface area contributed by atoms with Crippen LogP contribution in [0.3, 0.4) is 0 Å². The highest BCUT2D eigenvalue weighted by atomic mass is 31.2. The van der Waals surface area contributed by atoms with E-state index in [4.69, 9.17) is 24.3 Å². The number of esters is 2. The largest absolute Gasteiger partial charge is 0.472 e. The zero-order valence-corrected chi connectivity index (χ0v) is 59.2. The van der Waals surface area contributed by atoms with Gasteiger partial charge >= 0.3 is 19.8 Å². The molecule has 0 saturated heterocycles. The minimum atomic E-state index is -4.40. The highest BCUT2D eigenvalue weighted by Gasteiger charge is 2.26. The average molecular weight is 1280 g/mol. The van der Waals surface area contributed by atoms with Crippen LogP contribution in [0.4, 0.5) is 0 Å². The van der Waals surface area contributed by atoms with Gasteiger partial charge in [-0.2, -0.15) is 0 Å². The summed E-state index contributed by atoms with van der Waals surface area (Å²) in [5, 5.41) is 0. The Kier molecular flexibility index (Phi) is 71.1. The van der Waals surface area contributed by atoms with Gasteiger partial charge < -0.3 is 20.1 Å². The molecule has 0 bridgehead atoms. The second-order valence-electron chi connectivity index (χ2n) is 24.0. The number of carbonyl (C=O) groups excluding carboxylic acids is 2. The van der Waals surface area contributed by atoms with Crippen molar-refractivity contribution in [3.8, 4) is 0 Å². The summed E-state index contributed by atoms with van der Waals surface area (Å²) >= 11 is 0. The number of carbonyl (C=O) groups is 2. The van der Waals surface area contributed by atoms with E-state index in [1.54, 1.807) is 0 Å². The molecule has 0 saturated carbocycles. The van der Waals surface area contributed by atoms with Gasteiger partial charge in [0.15, 0.2) is 6.10 Å². The lowest BCUT2D eigenvalue weighted by Crippen LogP contribution is -2.29. The SMILES string of the molecule is CC/C=C\C/C=C\C/C=C\C/C=C\C/C=C\C/C=C\C/C=C\CCCCCCCCCCCCCCCCCCCC(=O)OC(COC(=O)CCCCCCCCCCCCCC/C=C\C/C=C\C/C=C\C/C=C\C/C=C\C/C=C\CC)COP(=O)(O)OCCN. The number of hydrogen-bond acceptors (Lipinski definition) is 8. The van der Waals surface area contributed by atoms with E-state index < -0.39 is 26.5 Å². The Bertz CT molecular complexity index is 2050. The Hall–Kier alpha value is -4.37. The highest BCUT2D eigenvalue weighted by molar-refractivity contribution is 7.47. The average Bonchev–Trinajstić information content (AvgIpc) is 3.71. The van der Waals surface area contributed by atoms with Gasteiger partial charge in [-0.25, -0.2) is 4.57 Å². The maximum absolute atomic E-state index is 12.8. The molecule has 0 amide bonds. The first-order valence-corrected chi connectivity index (χ1v) is 38.5. The molecule has 0 radical (unpaired) electrons. The Morgan fingerprint density at radius 2 is 0.571 bits per heavy atom. The van der Waals surface area contributed by atoms with Crippen molar-refractivity contribution in [3.05, 3.63) is 158 Å². The van der Waals surface area contributed by atoms with E-state index in [1.165, 1.54) is 154 Å². The van der Waals surface area contributed by atoms with Gasteiger partial charge in [0.05, 0.1) is 13.2 Å². The van der Waals surface area contributed by atoms with E-state index in [0.29, 0.717) is 6.42 Å². The van der Waals surface area contributed by atoms with E-state index in [-0.39, 0.29) is 38.6 Å². The summed E-state index contributed by atoms with van der Waals surface area (Å²) in [6.45, 7) is 3.53. The Morgan fingerprint density at radius 1 is 0.330 bits per heavy atom. The summed E-state index contributed by atoms with van der Waals surface area (Å²) in [4.78, 5) is 35.4. The van der Waals surface area contributed by atoms with Crippen LogP contribution in [0.25, 0.3) is 0 Å². The normalized spacial score (nSPS) is 13.8. The molecule has 0 aliphatic carbocycles. The van der Waals surface area contributed by atoms with Crippen molar-refractivity contribution >= 4 is 19.8 Å². The molecule has 2 atom stereocenters. The lowest BCUT2D eigenvalue weighted by atomic mass is 10.0. The van der Waals surface area contributed by atoms with Crippen LogP contribution < -0.4 is 5.73 Å². The number of phosphoric ester groups is 1. The van der Waals surface area contributed by atoms with Crippen molar-refractivity contribution in [2.24, 2.45) is 5.73 Å². The number of unbranched alkanes of at least 4 members (excludes halogenated alkanes) is 29. The summed E-state index contributed by atoms with van der Waals surface area (Å²) in [7, 11) is -4.40. The van der Waals surface area contributed by atoms with Gasteiger partial charge in [0.25, 0.3) is 0 Å². The molecule has 9 nitrogen and oxygen atoms in total. The Labute approximate surface area is 559 Å². The maximum Gasteiger partial charge on any atom is 0.472 e. The Morgan fingerprint density at radius 3 is 0.846 bits per heavy atom. The fraction of sp³-hybridized carbons (Fsp3) is 0.654. The third kappa shape index (κ3) is 74.5. The summed E-state index contributed by atoms with van der Waals surface area (Å²) in [5.74, 6) is -0.828. The molecule has 2 unspecified atom stereocenters. The fourth-order valence-electron chi connectivity index (χ4n) is 10.0. The molecule has 0 heterocycles. The minimum Gasteiger partial charge on any atom is -0.462 e. The summed E-state index contributed by atoms with van der Waals surface area (Å²) in [6.07, 6.45) is 109. The number of hydrogen-bond donors (Lipinski definition) is 2. The molecule has 0 aliphatic rings. The van der Waals surface area contributed by atoms with E-state index in [2.05, 4.69) is 172 Å². The topological polar surface area (TPSA) is 134 Å². The monoisotopic (exact) mass is 1280 g/mol. The molecular weight excluding hydrogens is 1150 g/mol. The molecule has 0 aromatic heterocycles. The zero-order chi connectivity index (χ0) is 65.8. The Balaban J connectivity index is 3.88. The van der Waals surface area contributed by atoms with Gasteiger partial charge in [0.1, 0.15) is 6.61 Å². The lowest BCUT2D eigenvalue weighted by Gasteiger charge is -2.19. The van der Waals surface area contributed by atoms with E-state index in [0.717, 1.165) is 122 Å². The van der Waals surface area contributed by atoms with Crippen molar-refractivity contribution in [1.29, 1.82) is 0 Å². The van der Waals surface area contributed by atoms with E-state index in [1.807, 2.05) is 0 Å². The minimum absolute atomic E-state index is 0.0480. The molecule has 91 heavy (non-hydrogen) atoms. The van der Waals surface area contributed by atoms with Crippen LogP contribution in [0.5, 0.6) is 0 Å². The van der Waals surface area contributed by atoms with Crippen LogP contribution in [0, 0.1) is 0 Å². The van der Waals surface area contributed by atoms with Gasteiger partial charge in [0.2, 0.25) is 0 Å². The molecule has 3 N–H and O–H groups in total. The van der Waals surface area contributed by atoms with Gasteiger partial charge in [-0.05, 0) is 122 Å². The van der Waals surface area contributed by atoms with Crippen molar-refractivity contribution in [2.75, 3.05) is 26.4 Å². The van der Waals surface area contributed by atoms with Crippen LogP contribution in [0.2, 0.25) is 0 Å². The molecule has 10 heteroatoms. The van der Waals surface area contributed by atoms with Gasteiger partial charge in [0, 0.05) is 19.4 Å². The molecule has 0 fully saturated rings. The van der Waals surface area contributed by atoms with Gasteiger partial charge in [-0.15, -0.1) is 0 Å². The third-order valence-electron chi connectivity index (χ3n) is 15.4. The van der Waals surface area contributed by atoms with Crippen molar-refractivity contribution in [2.45, 2.75) is 315 Å². The predicted octanol–water partition coefficient (Wildman–Crippen LogP) is 24.7. The maximum atomic E-state index is 12.8. The molecule has 0 spiro atoms. The fourth-order valence-corrected chi connectivity index (χ4v) is 10.8. The van der Waals surface area contributed by atoms with Crippen LogP contribution in [-0.2, 0) is 32.7 Å². The second kappa shape index (κ2) is 74.7. The van der Waals surface area contributed by atoms with E-state index >= 15 is 0 Å². The van der Waals surface area contributed by atoms with Crippen molar-refractivity contribution in [1.82, 2.24) is 0 Å². The smallest absolute Gasteiger partial charge is 0.462 e. The standard InChI is InChI=1S/C81H136NO8P/c1-3-5-7-9-11-13-15-17-19-21-23-25-27-29-31-33-35-36-37-38-39-40-41-42-44-46-48-50-52-54-56-58-60-62-64-66-68-70-72-74-81(84)90-79(78-89-91(85,86)88-76-75-82)77-87-80(83)73-71-69-67-65-63-61-59-57-55-53-51-49-47-45-43-34-32-30-28-26-24-22-20-18-16-14-12-10-8-6-4-2/h5-8,11-14,17-20,23-26,29-32,35-36,38-39,43,45,79H,3-4,9-10,15-16,21-22,27-28,33-34,37,40-42,44,46-78,82H2,1-2H3,(H,85,86)/b7-5-,8-6-,13-11-,14-12-,19-17-,20-18-,25-23-,26-24-,31-29-,32-30-,36-35-,39-38-,45-43-. The lowest BCUT2D eigenvalue weighted by molar-refractivity contribution is -0.161. The van der Waals surface area contributed by atoms with Crippen molar-refractivity contribution in [3.63, 3.8) is 0 Å². The van der Waals surface area contributed by atoms with Gasteiger partial charge in [-0.1, -0.05) is 332 Å². The van der Waals surface area contributed by atoms with Crippen LogP contribution in [-0.4, -0.2) is 49.3 Å². The third-order valence-corrected chi connectivity index (χ3v) is 16.4. The molecule has 0 aliphatic heterocycles. The quantitative estimate of drug-likeness (QED) is 0.0264. The van der Waals surface area contributed by atoms with Gasteiger partial charge in [-0.3, -0.25) is 18.6 Å². The number of ether oxygens (including phenoxy) is 2. The second-order valence-corrected chi connectivity index (χ2v) is 25.5. The zero-order valence-electron chi connectivity index (χ0n) is 58.3. The number of rotatable bonds is 68. The molecule has 518 valence electrons. The summed E-state index contributed by atoms with van der Waals surface area (Å²) in [5.41, 5.74) is 5.41. The number of allylic oxidation sites excluding steroid dienone is 26. The first-order valence-electron chi connectivity index (χ1n) is 37.0. The molecule has 0 aromatic carbocycles. The van der Waals surface area contributed by atoms with Crippen LogP contribution in [0.15, 0.2) is 158 Å². The predicted molar refractivity (Wildman–Crippen MR) is 394 cm³/mol. The van der Waals surface area contributed by atoms with Crippen LogP contribution >= 0.6 is 7.82 Å². The number of phosphoric acid groups is 1. The summed E-state index contributed by atoms with van der Waals surface area (Å²) < 4.78 is 33.2. The first kappa shape index (κ1) is 86.6. The van der Waals surface area contributed by atoms with E-state index in [9.17, 15) is 19.0 Å². The molecule has 0 rings (SSSR count). The van der Waals surface area contributed by atoms with Crippen LogP contribution in [0.1, 0.15) is 309 Å². The number of nitrogens with two attached hydrogens (primary N) is 1. The summed E-state index contributed by atoms with van der Waals surface area (Å²) in [6, 6.07) is 0. The van der Waals surface area contributed by atoms with Crippen molar-refractivity contribution < 1.29 is 37.6 Å². The first-order chi connectivity index (χ1) is 44.8. The molecular formula is C81H136NO8P. The highest BCUT2D eigenvalue weighted by Crippen LogP contribution is 2.43.